The summed E-state index contributed by atoms with van der Waals surface area (Å²) in [7, 11) is -2.65. The van der Waals surface area contributed by atoms with E-state index in [9.17, 15) is 18.0 Å². The molecule has 1 atom stereocenters. The summed E-state index contributed by atoms with van der Waals surface area (Å²) in [4.78, 5) is 28.0. The Morgan fingerprint density at radius 3 is 2.16 bits per heavy atom. The van der Waals surface area contributed by atoms with E-state index in [2.05, 4.69) is 5.32 Å². The number of hydrogen-bond donors (Lipinski definition) is 1. The fraction of sp³-hybridized carbons (Fsp3) is 0.286. The van der Waals surface area contributed by atoms with Crippen LogP contribution in [0.4, 0.5) is 5.69 Å². The molecule has 3 aromatic carbocycles. The van der Waals surface area contributed by atoms with Gasteiger partial charge in [-0.25, -0.2) is 8.42 Å². The molecule has 0 aliphatic rings. The number of halogens is 1. The third-order valence-corrected chi connectivity index (χ3v) is 8.13. The van der Waals surface area contributed by atoms with Crippen molar-refractivity contribution in [2.75, 3.05) is 24.5 Å². The Morgan fingerprint density at radius 1 is 0.947 bits per heavy atom. The molecule has 2 amide bonds. The summed E-state index contributed by atoms with van der Waals surface area (Å²) in [6.45, 7) is 3.60. The molecule has 0 spiro atoms. The molecule has 0 aliphatic heterocycles. The Hall–Kier alpha value is -3.56. The molecular formula is C28H32ClN3O5S. The van der Waals surface area contributed by atoms with Gasteiger partial charge in [-0.3, -0.25) is 13.9 Å². The lowest BCUT2D eigenvalue weighted by Gasteiger charge is -2.33. The minimum atomic E-state index is -4.15. The van der Waals surface area contributed by atoms with E-state index in [1.54, 1.807) is 73.7 Å². The highest BCUT2D eigenvalue weighted by Crippen LogP contribution is 2.26. The summed E-state index contributed by atoms with van der Waals surface area (Å²) in [6.07, 6.45) is 0.326. The van der Waals surface area contributed by atoms with Gasteiger partial charge >= 0.3 is 0 Å². The molecule has 0 aliphatic carbocycles. The second-order valence-electron chi connectivity index (χ2n) is 8.40. The van der Waals surface area contributed by atoms with Gasteiger partial charge < -0.3 is 15.0 Å². The number of carbonyl (C=O) groups is 2. The zero-order valence-corrected chi connectivity index (χ0v) is 23.2. The minimum Gasteiger partial charge on any atom is -0.494 e. The Bertz CT molecular complexity index is 1330. The Morgan fingerprint density at radius 2 is 1.58 bits per heavy atom. The highest BCUT2D eigenvalue weighted by atomic mass is 35.5. The van der Waals surface area contributed by atoms with Crippen LogP contribution in [0.1, 0.15) is 25.8 Å². The van der Waals surface area contributed by atoms with Crippen LogP contribution < -0.4 is 14.4 Å². The van der Waals surface area contributed by atoms with E-state index in [-0.39, 0.29) is 17.3 Å². The van der Waals surface area contributed by atoms with Crippen LogP contribution in [0.3, 0.4) is 0 Å². The normalized spacial score (nSPS) is 11.9. The van der Waals surface area contributed by atoms with Gasteiger partial charge in [0.1, 0.15) is 18.3 Å². The Balaban J connectivity index is 2.03. The van der Waals surface area contributed by atoms with Crippen molar-refractivity contribution in [2.24, 2.45) is 0 Å². The molecule has 0 saturated carbocycles. The highest BCUT2D eigenvalue weighted by Gasteiger charge is 2.33. The molecular weight excluding hydrogens is 526 g/mol. The number of amides is 2. The van der Waals surface area contributed by atoms with Gasteiger partial charge in [0.05, 0.1) is 17.2 Å². The summed E-state index contributed by atoms with van der Waals surface area (Å²) in [5, 5.41) is 3.04. The zero-order valence-electron chi connectivity index (χ0n) is 21.6. The quantitative estimate of drug-likeness (QED) is 0.354. The second kappa shape index (κ2) is 13.3. The van der Waals surface area contributed by atoms with Gasteiger partial charge in [-0.05, 0) is 61.4 Å². The van der Waals surface area contributed by atoms with E-state index in [1.807, 2.05) is 6.92 Å². The molecule has 0 heterocycles. The van der Waals surface area contributed by atoms with E-state index in [0.717, 1.165) is 4.31 Å². The monoisotopic (exact) mass is 557 g/mol. The summed E-state index contributed by atoms with van der Waals surface area (Å²) in [6, 6.07) is 20.6. The predicted molar refractivity (Wildman–Crippen MR) is 149 cm³/mol. The van der Waals surface area contributed by atoms with Crippen LogP contribution in [0.25, 0.3) is 0 Å². The number of sulfonamides is 1. The fourth-order valence-electron chi connectivity index (χ4n) is 4.02. The van der Waals surface area contributed by atoms with Crippen LogP contribution in [0.2, 0.25) is 5.02 Å². The summed E-state index contributed by atoms with van der Waals surface area (Å²) in [5.74, 6) is -0.358. The SMILES string of the molecule is CCOc1ccc(S(=O)(=O)N(CC(=O)N(Cc2ccccc2Cl)C(CC)C(=O)NC)c2ccccc2)cc1. The molecule has 3 aromatic rings. The van der Waals surface area contributed by atoms with Gasteiger partial charge in [0.25, 0.3) is 10.0 Å². The van der Waals surface area contributed by atoms with Gasteiger partial charge in [0.15, 0.2) is 0 Å². The number of rotatable bonds is 12. The number of benzene rings is 3. The van der Waals surface area contributed by atoms with Gasteiger partial charge in [-0.1, -0.05) is 54.9 Å². The molecule has 0 bridgehead atoms. The number of likely N-dealkylation sites (N-methyl/N-ethyl adjacent to an activating group) is 1. The summed E-state index contributed by atoms with van der Waals surface area (Å²) in [5.41, 5.74) is 0.964. The van der Waals surface area contributed by atoms with Crippen LogP contribution in [-0.2, 0) is 26.2 Å². The van der Waals surface area contributed by atoms with Crippen LogP contribution in [0, 0.1) is 0 Å². The molecule has 10 heteroatoms. The number of nitrogens with zero attached hydrogens (tertiary/aromatic N) is 2. The van der Waals surface area contributed by atoms with Crippen molar-refractivity contribution in [3.63, 3.8) is 0 Å². The molecule has 0 aromatic heterocycles. The Kier molecular flexibility index (Phi) is 10.2. The van der Waals surface area contributed by atoms with E-state index in [1.165, 1.54) is 24.1 Å². The van der Waals surface area contributed by atoms with Gasteiger partial charge in [-0.15, -0.1) is 0 Å². The number of carbonyl (C=O) groups excluding carboxylic acids is 2. The topological polar surface area (TPSA) is 96.0 Å². The maximum atomic E-state index is 13.9. The molecule has 202 valence electrons. The number of nitrogens with one attached hydrogen (secondary N) is 1. The zero-order chi connectivity index (χ0) is 27.7. The molecule has 3 rings (SSSR count). The van der Waals surface area contributed by atoms with Crippen LogP contribution >= 0.6 is 11.6 Å². The summed E-state index contributed by atoms with van der Waals surface area (Å²) < 4.78 is 34.1. The van der Waals surface area contributed by atoms with Crippen LogP contribution in [-0.4, -0.2) is 51.4 Å². The van der Waals surface area contributed by atoms with Crippen molar-refractivity contribution in [2.45, 2.75) is 37.8 Å². The first-order valence-corrected chi connectivity index (χ1v) is 14.1. The van der Waals surface area contributed by atoms with E-state index in [0.29, 0.717) is 35.1 Å². The first-order valence-electron chi connectivity index (χ1n) is 12.3. The van der Waals surface area contributed by atoms with E-state index >= 15 is 0 Å². The van der Waals surface area contributed by atoms with Crippen molar-refractivity contribution in [3.05, 3.63) is 89.4 Å². The third-order valence-electron chi connectivity index (χ3n) is 5.98. The maximum absolute atomic E-state index is 13.9. The first-order chi connectivity index (χ1) is 18.2. The third kappa shape index (κ3) is 6.85. The standard InChI is InChI=1S/C28H32ClN3O5S/c1-4-26(28(34)30-3)31(19-21-11-9-10-14-25(21)29)27(33)20-32(22-12-7-6-8-13-22)38(35,36)24-17-15-23(16-18-24)37-5-2/h6-18,26H,4-5,19-20H2,1-3H3,(H,30,34). The molecule has 0 radical (unpaired) electrons. The molecule has 8 nitrogen and oxygen atoms in total. The second-order valence-corrected chi connectivity index (χ2v) is 10.7. The smallest absolute Gasteiger partial charge is 0.264 e. The number of para-hydroxylation sites is 1. The average molecular weight is 558 g/mol. The van der Waals surface area contributed by atoms with Crippen molar-refractivity contribution in [3.8, 4) is 5.75 Å². The van der Waals surface area contributed by atoms with Crippen molar-refractivity contribution in [1.29, 1.82) is 0 Å². The molecule has 1 unspecified atom stereocenters. The summed E-state index contributed by atoms with van der Waals surface area (Å²) >= 11 is 6.37. The number of anilines is 1. The molecule has 0 fully saturated rings. The van der Waals surface area contributed by atoms with Crippen molar-refractivity contribution in [1.82, 2.24) is 10.2 Å². The first kappa shape index (κ1) is 29.0. The predicted octanol–water partition coefficient (Wildman–Crippen LogP) is 4.49. The van der Waals surface area contributed by atoms with Gasteiger partial charge in [0.2, 0.25) is 11.8 Å². The minimum absolute atomic E-state index is 0.00797. The lowest BCUT2D eigenvalue weighted by Crippen LogP contribution is -2.51. The highest BCUT2D eigenvalue weighted by molar-refractivity contribution is 7.92. The largest absolute Gasteiger partial charge is 0.494 e. The van der Waals surface area contributed by atoms with E-state index in [4.69, 9.17) is 16.3 Å². The number of ether oxygens (including phenoxy) is 1. The van der Waals surface area contributed by atoms with Gasteiger partial charge in [-0.2, -0.15) is 0 Å². The average Bonchev–Trinajstić information content (AvgIpc) is 2.93. The lowest BCUT2D eigenvalue weighted by atomic mass is 10.1. The maximum Gasteiger partial charge on any atom is 0.264 e. The van der Waals surface area contributed by atoms with Crippen LogP contribution in [0.5, 0.6) is 5.75 Å². The lowest BCUT2D eigenvalue weighted by molar-refractivity contribution is -0.140. The molecule has 38 heavy (non-hydrogen) atoms. The van der Waals surface area contributed by atoms with Gasteiger partial charge in [0, 0.05) is 18.6 Å². The van der Waals surface area contributed by atoms with E-state index < -0.39 is 28.5 Å². The fourth-order valence-corrected chi connectivity index (χ4v) is 5.63. The molecule has 0 saturated heterocycles. The Labute approximate surface area is 229 Å². The van der Waals surface area contributed by atoms with Crippen LogP contribution in [0.15, 0.2) is 83.8 Å². The molecule has 1 N–H and O–H groups in total. The van der Waals surface area contributed by atoms with Crippen molar-refractivity contribution < 1.29 is 22.7 Å². The van der Waals surface area contributed by atoms with Crippen molar-refractivity contribution >= 4 is 39.1 Å². The number of hydrogen-bond acceptors (Lipinski definition) is 5.